The van der Waals surface area contributed by atoms with Gasteiger partial charge < -0.3 is 14.6 Å². The molecule has 4 nitrogen and oxygen atoms in total. The van der Waals surface area contributed by atoms with Crippen LogP contribution in [0.2, 0.25) is 0 Å². The van der Waals surface area contributed by atoms with E-state index in [1.807, 2.05) is 4.90 Å². The van der Waals surface area contributed by atoms with Gasteiger partial charge >= 0.3 is 0 Å². The minimum atomic E-state index is -0.942. The summed E-state index contributed by atoms with van der Waals surface area (Å²) in [5.41, 5.74) is 0. The molecule has 0 radical (unpaired) electrons. The van der Waals surface area contributed by atoms with E-state index in [1.165, 1.54) is 24.3 Å². The number of benzene rings is 2. The highest BCUT2D eigenvalue weighted by Crippen LogP contribution is 2.21. The standard InChI is InChI=1S/C19H20F3NO3/c20-13-2-1-3-15(8-13)25-12-14(24)10-23-7-6-17(11-23)26-16-4-5-18(21)19(22)9-16/h1-5,8-9,14,17,24H,6-7,10-12H2. The normalized spacial score (nSPS) is 18.7. The molecule has 1 fully saturated rings. The van der Waals surface area contributed by atoms with Crippen molar-refractivity contribution >= 4 is 0 Å². The van der Waals surface area contributed by atoms with Gasteiger partial charge in [-0.1, -0.05) is 6.07 Å². The molecule has 1 heterocycles. The van der Waals surface area contributed by atoms with Crippen molar-refractivity contribution in [3.63, 3.8) is 0 Å². The van der Waals surface area contributed by atoms with Crippen LogP contribution in [0.4, 0.5) is 13.2 Å². The van der Waals surface area contributed by atoms with Crippen molar-refractivity contribution in [3.05, 3.63) is 59.9 Å². The molecule has 0 bridgehead atoms. The van der Waals surface area contributed by atoms with Crippen molar-refractivity contribution in [2.75, 3.05) is 26.2 Å². The lowest BCUT2D eigenvalue weighted by Crippen LogP contribution is -2.35. The summed E-state index contributed by atoms with van der Waals surface area (Å²) < 4.78 is 50.3. The molecule has 0 amide bonds. The lowest BCUT2D eigenvalue weighted by atomic mass is 10.3. The second-order valence-electron chi connectivity index (χ2n) is 6.29. The number of hydrogen-bond acceptors (Lipinski definition) is 4. The molecular formula is C19H20F3NO3. The van der Waals surface area contributed by atoms with E-state index in [0.29, 0.717) is 25.4 Å². The average Bonchev–Trinajstić information content (AvgIpc) is 3.03. The number of β-amino-alcohol motifs (C(OH)–C–C–N with tert-alkyl or cyclic N) is 1. The maximum absolute atomic E-state index is 13.2. The Balaban J connectivity index is 1.42. The van der Waals surface area contributed by atoms with E-state index in [4.69, 9.17) is 9.47 Å². The van der Waals surface area contributed by atoms with Gasteiger partial charge in [0.25, 0.3) is 0 Å². The Labute approximate surface area is 149 Å². The second kappa shape index (κ2) is 8.42. The zero-order valence-electron chi connectivity index (χ0n) is 14.1. The maximum Gasteiger partial charge on any atom is 0.162 e. The van der Waals surface area contributed by atoms with E-state index >= 15 is 0 Å². The Kier molecular flexibility index (Phi) is 6.00. The first-order chi connectivity index (χ1) is 12.5. The van der Waals surface area contributed by atoms with E-state index in [2.05, 4.69) is 0 Å². The highest BCUT2D eigenvalue weighted by Gasteiger charge is 2.26. The van der Waals surface area contributed by atoms with Gasteiger partial charge in [0.15, 0.2) is 11.6 Å². The Bertz CT molecular complexity index is 744. The van der Waals surface area contributed by atoms with Crippen molar-refractivity contribution in [1.29, 1.82) is 0 Å². The molecule has 0 aromatic heterocycles. The van der Waals surface area contributed by atoms with Crippen LogP contribution in [0.25, 0.3) is 0 Å². The number of nitrogens with zero attached hydrogens (tertiary/aromatic N) is 1. The fourth-order valence-corrected chi connectivity index (χ4v) is 2.90. The number of halogens is 3. The molecule has 0 spiro atoms. The van der Waals surface area contributed by atoms with Crippen molar-refractivity contribution in [2.24, 2.45) is 0 Å². The summed E-state index contributed by atoms with van der Waals surface area (Å²) in [6.45, 7) is 1.71. The predicted molar refractivity (Wildman–Crippen MR) is 89.7 cm³/mol. The lowest BCUT2D eigenvalue weighted by molar-refractivity contribution is 0.0718. The van der Waals surface area contributed by atoms with Crippen LogP contribution in [0.1, 0.15) is 6.42 Å². The van der Waals surface area contributed by atoms with Crippen molar-refractivity contribution in [2.45, 2.75) is 18.6 Å². The van der Waals surface area contributed by atoms with E-state index < -0.39 is 23.6 Å². The number of aliphatic hydroxyl groups is 1. The zero-order valence-corrected chi connectivity index (χ0v) is 14.1. The first-order valence-electron chi connectivity index (χ1n) is 8.40. The monoisotopic (exact) mass is 367 g/mol. The summed E-state index contributed by atoms with van der Waals surface area (Å²) in [4.78, 5) is 2.00. The first-order valence-corrected chi connectivity index (χ1v) is 8.40. The van der Waals surface area contributed by atoms with Crippen LogP contribution in [0.5, 0.6) is 11.5 Å². The highest BCUT2D eigenvalue weighted by molar-refractivity contribution is 5.24. The minimum Gasteiger partial charge on any atom is -0.491 e. The zero-order chi connectivity index (χ0) is 18.5. The van der Waals surface area contributed by atoms with Crippen LogP contribution in [0.3, 0.4) is 0 Å². The number of rotatable bonds is 7. The Morgan fingerprint density at radius 3 is 2.69 bits per heavy atom. The SMILES string of the molecule is OC(COc1cccc(F)c1)CN1CCC(Oc2ccc(F)c(F)c2)C1. The van der Waals surface area contributed by atoms with E-state index in [9.17, 15) is 18.3 Å². The number of hydrogen-bond donors (Lipinski definition) is 1. The molecular weight excluding hydrogens is 347 g/mol. The van der Waals surface area contributed by atoms with Gasteiger partial charge in [-0.15, -0.1) is 0 Å². The van der Waals surface area contributed by atoms with E-state index in [0.717, 1.165) is 18.6 Å². The molecule has 2 aromatic carbocycles. The Morgan fingerprint density at radius 2 is 1.92 bits per heavy atom. The second-order valence-corrected chi connectivity index (χ2v) is 6.29. The van der Waals surface area contributed by atoms with Crippen LogP contribution < -0.4 is 9.47 Å². The molecule has 2 aromatic rings. The van der Waals surface area contributed by atoms with Crippen LogP contribution in [0, 0.1) is 17.5 Å². The molecule has 0 aliphatic carbocycles. The summed E-state index contributed by atoms with van der Waals surface area (Å²) in [5.74, 6) is -1.60. The molecule has 0 saturated carbocycles. The smallest absolute Gasteiger partial charge is 0.162 e. The largest absolute Gasteiger partial charge is 0.491 e. The third kappa shape index (κ3) is 5.12. The van der Waals surface area contributed by atoms with Gasteiger partial charge in [0.1, 0.15) is 36.1 Å². The number of likely N-dealkylation sites (tertiary alicyclic amines) is 1. The molecule has 1 aliphatic heterocycles. The fraction of sp³-hybridized carbons (Fsp3) is 0.368. The third-order valence-electron chi connectivity index (χ3n) is 4.13. The predicted octanol–water partition coefficient (Wildman–Crippen LogP) is 3.00. The molecule has 1 aliphatic rings. The fourth-order valence-electron chi connectivity index (χ4n) is 2.90. The summed E-state index contributed by atoms with van der Waals surface area (Å²) >= 11 is 0. The number of ether oxygens (including phenoxy) is 2. The van der Waals surface area contributed by atoms with Gasteiger partial charge in [0.05, 0.1) is 0 Å². The summed E-state index contributed by atoms with van der Waals surface area (Å²) in [5, 5.41) is 10.1. The molecule has 1 saturated heterocycles. The Morgan fingerprint density at radius 1 is 1.08 bits per heavy atom. The molecule has 3 rings (SSSR count). The third-order valence-corrected chi connectivity index (χ3v) is 4.13. The van der Waals surface area contributed by atoms with Gasteiger partial charge in [0.2, 0.25) is 0 Å². The topological polar surface area (TPSA) is 41.9 Å². The maximum atomic E-state index is 13.2. The molecule has 1 N–H and O–H groups in total. The van der Waals surface area contributed by atoms with Gasteiger partial charge in [0, 0.05) is 31.8 Å². The van der Waals surface area contributed by atoms with E-state index in [1.54, 1.807) is 6.07 Å². The number of aliphatic hydroxyl groups excluding tert-OH is 1. The molecule has 2 atom stereocenters. The first kappa shape index (κ1) is 18.5. The molecule has 2 unspecified atom stereocenters. The van der Waals surface area contributed by atoms with Gasteiger partial charge in [-0.2, -0.15) is 0 Å². The van der Waals surface area contributed by atoms with Crippen LogP contribution in [-0.4, -0.2) is 48.5 Å². The summed E-state index contributed by atoms with van der Waals surface area (Å²) in [6, 6.07) is 9.19. The minimum absolute atomic E-state index is 0.0502. The van der Waals surface area contributed by atoms with Gasteiger partial charge in [-0.3, -0.25) is 4.90 Å². The molecule has 26 heavy (non-hydrogen) atoms. The molecule has 140 valence electrons. The van der Waals surface area contributed by atoms with Gasteiger partial charge in [-0.25, -0.2) is 13.2 Å². The summed E-state index contributed by atoms with van der Waals surface area (Å²) in [6.07, 6.45) is -0.173. The summed E-state index contributed by atoms with van der Waals surface area (Å²) in [7, 11) is 0. The Hall–Kier alpha value is -2.25. The van der Waals surface area contributed by atoms with E-state index in [-0.39, 0.29) is 18.5 Å². The average molecular weight is 367 g/mol. The highest BCUT2D eigenvalue weighted by atomic mass is 19.2. The lowest BCUT2D eigenvalue weighted by Gasteiger charge is -2.20. The van der Waals surface area contributed by atoms with Crippen molar-refractivity contribution in [3.8, 4) is 11.5 Å². The van der Waals surface area contributed by atoms with Gasteiger partial charge in [-0.05, 0) is 30.7 Å². The molecule has 7 heteroatoms. The van der Waals surface area contributed by atoms with Crippen molar-refractivity contribution < 1.29 is 27.8 Å². The van der Waals surface area contributed by atoms with Crippen LogP contribution in [0.15, 0.2) is 42.5 Å². The quantitative estimate of drug-likeness (QED) is 0.817. The van der Waals surface area contributed by atoms with Crippen LogP contribution in [-0.2, 0) is 0 Å². The van der Waals surface area contributed by atoms with Crippen LogP contribution >= 0.6 is 0 Å². The van der Waals surface area contributed by atoms with Crippen molar-refractivity contribution in [1.82, 2.24) is 4.90 Å².